The smallest absolute Gasteiger partial charge is 0.306 e. The van der Waals surface area contributed by atoms with Crippen LogP contribution in [-0.4, -0.2) is 36.4 Å². The van der Waals surface area contributed by atoms with E-state index in [1.165, 1.54) is 70.6 Å². The molecule has 0 aliphatic carbocycles. The van der Waals surface area contributed by atoms with Gasteiger partial charge < -0.3 is 14.6 Å². The minimum absolute atomic E-state index is 0.0779. The second kappa shape index (κ2) is 40.8. The molecule has 1 N–H and O–H groups in total. The fourth-order valence-corrected chi connectivity index (χ4v) is 5.40. The van der Waals surface area contributed by atoms with Crippen LogP contribution in [0.2, 0.25) is 0 Å². The van der Waals surface area contributed by atoms with Crippen LogP contribution in [0.25, 0.3) is 0 Å². The molecule has 0 amide bonds. The van der Waals surface area contributed by atoms with Gasteiger partial charge in [-0.05, 0) is 83.5 Å². The molecule has 5 nitrogen and oxygen atoms in total. The fraction of sp³-hybridized carbons (Fsp3) is 0.689. The van der Waals surface area contributed by atoms with Crippen molar-refractivity contribution in [2.45, 2.75) is 187 Å². The van der Waals surface area contributed by atoms with E-state index < -0.39 is 6.10 Å². The molecule has 0 saturated heterocycles. The molecule has 0 aromatic carbocycles. The Morgan fingerprint density at radius 1 is 0.480 bits per heavy atom. The molecule has 0 saturated carbocycles. The molecule has 0 spiro atoms. The van der Waals surface area contributed by atoms with E-state index in [1.54, 1.807) is 0 Å². The first-order valence-corrected chi connectivity index (χ1v) is 20.5. The summed E-state index contributed by atoms with van der Waals surface area (Å²) in [6, 6.07) is 0. The average molecular weight is 697 g/mol. The van der Waals surface area contributed by atoms with Crippen LogP contribution in [0.3, 0.4) is 0 Å². The summed E-state index contributed by atoms with van der Waals surface area (Å²) in [6.45, 7) is 3.98. The van der Waals surface area contributed by atoms with E-state index in [9.17, 15) is 14.7 Å². The van der Waals surface area contributed by atoms with Crippen LogP contribution >= 0.6 is 0 Å². The standard InChI is InChI=1S/C45H76O5/c1-3-5-7-9-11-13-15-17-18-19-20-21-22-23-24-25-26-28-30-32-34-36-38-40-45(48)50-43(41-46)42-49-44(47)39-37-35-33-31-29-27-16-14-12-10-8-6-4-2/h5,7,11,13-14,16-18,20-21,23-24,43,46H,3-4,6,8-10,12,15,19,22,25-42H2,1-2H3/b7-5-,13-11-,16-14-,18-17-,21-20-,24-23-. The van der Waals surface area contributed by atoms with Crippen molar-refractivity contribution in [2.75, 3.05) is 13.2 Å². The number of aliphatic hydroxyl groups is 1. The number of unbranched alkanes of at least 4 members (excludes halogenated alkanes) is 16. The third kappa shape index (κ3) is 38.1. The normalized spacial score (nSPS) is 12.9. The van der Waals surface area contributed by atoms with Crippen molar-refractivity contribution in [2.24, 2.45) is 0 Å². The summed E-state index contributed by atoms with van der Waals surface area (Å²) in [5.41, 5.74) is 0. The molecule has 0 radical (unpaired) electrons. The van der Waals surface area contributed by atoms with Crippen LogP contribution in [0.5, 0.6) is 0 Å². The fourth-order valence-electron chi connectivity index (χ4n) is 5.40. The lowest BCUT2D eigenvalue weighted by Crippen LogP contribution is -2.28. The highest BCUT2D eigenvalue weighted by Gasteiger charge is 2.16. The van der Waals surface area contributed by atoms with Crippen molar-refractivity contribution in [1.29, 1.82) is 0 Å². The minimum atomic E-state index is -0.783. The largest absolute Gasteiger partial charge is 0.462 e. The Morgan fingerprint density at radius 2 is 0.860 bits per heavy atom. The first-order valence-electron chi connectivity index (χ1n) is 20.5. The summed E-state index contributed by atoms with van der Waals surface area (Å²) in [7, 11) is 0. The number of carbonyl (C=O) groups excluding carboxylic acids is 2. The van der Waals surface area contributed by atoms with Crippen molar-refractivity contribution >= 4 is 11.9 Å². The van der Waals surface area contributed by atoms with E-state index in [0.717, 1.165) is 83.5 Å². The van der Waals surface area contributed by atoms with Gasteiger partial charge in [0.1, 0.15) is 6.61 Å². The number of carbonyl (C=O) groups is 2. The van der Waals surface area contributed by atoms with E-state index in [2.05, 4.69) is 86.8 Å². The molecule has 0 fully saturated rings. The first kappa shape index (κ1) is 47.3. The predicted molar refractivity (Wildman–Crippen MR) is 214 cm³/mol. The van der Waals surface area contributed by atoms with Gasteiger partial charge >= 0.3 is 11.9 Å². The Morgan fingerprint density at radius 3 is 1.32 bits per heavy atom. The molecule has 0 bridgehead atoms. The molecule has 0 aliphatic rings. The van der Waals surface area contributed by atoms with Gasteiger partial charge in [0, 0.05) is 12.8 Å². The molecule has 0 rings (SSSR count). The number of hydrogen-bond donors (Lipinski definition) is 1. The Bertz CT molecular complexity index is 926. The van der Waals surface area contributed by atoms with Gasteiger partial charge in [0.2, 0.25) is 0 Å². The van der Waals surface area contributed by atoms with Crippen LogP contribution in [0.15, 0.2) is 72.9 Å². The molecule has 0 aromatic heterocycles. The highest BCUT2D eigenvalue weighted by molar-refractivity contribution is 5.70. The van der Waals surface area contributed by atoms with E-state index in [1.807, 2.05) is 0 Å². The summed E-state index contributed by atoms with van der Waals surface area (Å²) in [6.07, 6.45) is 53.9. The summed E-state index contributed by atoms with van der Waals surface area (Å²) in [4.78, 5) is 24.3. The molecule has 0 aliphatic heterocycles. The van der Waals surface area contributed by atoms with Gasteiger partial charge in [-0.2, -0.15) is 0 Å². The van der Waals surface area contributed by atoms with Gasteiger partial charge in [-0.1, -0.05) is 157 Å². The van der Waals surface area contributed by atoms with E-state index >= 15 is 0 Å². The van der Waals surface area contributed by atoms with Gasteiger partial charge in [0.25, 0.3) is 0 Å². The van der Waals surface area contributed by atoms with Crippen LogP contribution in [0.1, 0.15) is 181 Å². The zero-order valence-corrected chi connectivity index (χ0v) is 32.4. The SMILES string of the molecule is CC/C=C\C/C=C\C/C=C\C/C=C\C/C=C\CCCCCCCCCC(=O)OC(CO)COC(=O)CCCCCCC/C=C\CCCCCC. The number of esters is 2. The quantitative estimate of drug-likeness (QED) is 0.0401. The van der Waals surface area contributed by atoms with E-state index in [-0.39, 0.29) is 25.2 Å². The van der Waals surface area contributed by atoms with Gasteiger partial charge in [0.05, 0.1) is 6.61 Å². The van der Waals surface area contributed by atoms with E-state index in [4.69, 9.17) is 9.47 Å². The number of allylic oxidation sites excluding steroid dienone is 12. The van der Waals surface area contributed by atoms with Crippen molar-refractivity contribution in [3.63, 3.8) is 0 Å². The topological polar surface area (TPSA) is 72.8 Å². The van der Waals surface area contributed by atoms with Crippen LogP contribution in [0, 0.1) is 0 Å². The number of hydrogen-bond acceptors (Lipinski definition) is 5. The Labute approximate surface area is 308 Å². The maximum atomic E-state index is 12.2. The summed E-state index contributed by atoms with van der Waals surface area (Å²) < 4.78 is 10.6. The van der Waals surface area contributed by atoms with Crippen molar-refractivity contribution in [3.05, 3.63) is 72.9 Å². The van der Waals surface area contributed by atoms with E-state index in [0.29, 0.717) is 12.8 Å². The minimum Gasteiger partial charge on any atom is -0.462 e. The summed E-state index contributed by atoms with van der Waals surface area (Å²) in [5.74, 6) is -0.619. The Hall–Kier alpha value is -2.66. The molecular weight excluding hydrogens is 620 g/mol. The molecule has 50 heavy (non-hydrogen) atoms. The maximum absolute atomic E-state index is 12.2. The monoisotopic (exact) mass is 697 g/mol. The van der Waals surface area contributed by atoms with Crippen molar-refractivity contribution in [3.8, 4) is 0 Å². The van der Waals surface area contributed by atoms with Gasteiger partial charge in [0.15, 0.2) is 6.10 Å². The average Bonchev–Trinajstić information content (AvgIpc) is 3.12. The second-order valence-electron chi connectivity index (χ2n) is 13.3. The van der Waals surface area contributed by atoms with Crippen LogP contribution < -0.4 is 0 Å². The molecule has 0 heterocycles. The van der Waals surface area contributed by atoms with Gasteiger partial charge in [-0.3, -0.25) is 9.59 Å². The van der Waals surface area contributed by atoms with Gasteiger partial charge in [-0.15, -0.1) is 0 Å². The highest BCUT2D eigenvalue weighted by Crippen LogP contribution is 2.12. The lowest BCUT2D eigenvalue weighted by atomic mass is 10.1. The molecular formula is C45H76O5. The lowest BCUT2D eigenvalue weighted by Gasteiger charge is -2.15. The molecule has 5 heteroatoms. The summed E-state index contributed by atoms with van der Waals surface area (Å²) >= 11 is 0. The number of aliphatic hydroxyl groups excluding tert-OH is 1. The zero-order valence-electron chi connectivity index (χ0n) is 32.4. The molecule has 1 unspecified atom stereocenters. The van der Waals surface area contributed by atoms with Crippen molar-refractivity contribution in [1.82, 2.24) is 0 Å². The van der Waals surface area contributed by atoms with Gasteiger partial charge in [-0.25, -0.2) is 0 Å². The second-order valence-corrected chi connectivity index (χ2v) is 13.3. The number of rotatable bonds is 36. The van der Waals surface area contributed by atoms with Crippen molar-refractivity contribution < 1.29 is 24.2 Å². The third-order valence-electron chi connectivity index (χ3n) is 8.48. The maximum Gasteiger partial charge on any atom is 0.306 e. The molecule has 286 valence electrons. The first-order chi connectivity index (χ1) is 24.6. The lowest BCUT2D eigenvalue weighted by molar-refractivity contribution is -0.161. The zero-order chi connectivity index (χ0) is 36.4. The third-order valence-corrected chi connectivity index (χ3v) is 8.48. The van der Waals surface area contributed by atoms with Crippen LogP contribution in [-0.2, 0) is 19.1 Å². The highest BCUT2D eigenvalue weighted by atomic mass is 16.6. The molecule has 1 atom stereocenters. The predicted octanol–water partition coefficient (Wildman–Crippen LogP) is 13.0. The van der Waals surface area contributed by atoms with Crippen LogP contribution in [0.4, 0.5) is 0 Å². The summed E-state index contributed by atoms with van der Waals surface area (Å²) in [5, 5.41) is 9.56. The Balaban J connectivity index is 3.61. The number of ether oxygens (including phenoxy) is 2. The Kier molecular flexibility index (Phi) is 38.6. The molecule has 0 aromatic rings.